The highest BCUT2D eigenvalue weighted by molar-refractivity contribution is 6.15. The van der Waals surface area contributed by atoms with E-state index in [0.29, 0.717) is 17.5 Å². The van der Waals surface area contributed by atoms with Crippen molar-refractivity contribution in [2.75, 3.05) is 0 Å². The van der Waals surface area contributed by atoms with Gasteiger partial charge in [0.15, 0.2) is 17.5 Å². The van der Waals surface area contributed by atoms with E-state index in [-0.39, 0.29) is 5.41 Å². The molecule has 0 aliphatic heterocycles. The number of furan rings is 1. The summed E-state index contributed by atoms with van der Waals surface area (Å²) in [5.41, 5.74) is 15.4. The van der Waals surface area contributed by atoms with Crippen LogP contribution in [0, 0.1) is 0 Å². The predicted molar refractivity (Wildman–Crippen MR) is 241 cm³/mol. The van der Waals surface area contributed by atoms with Gasteiger partial charge in [-0.3, -0.25) is 0 Å². The van der Waals surface area contributed by atoms with Crippen LogP contribution in [0.1, 0.15) is 25.0 Å². The molecule has 11 aromatic rings. The predicted octanol–water partition coefficient (Wildman–Crippen LogP) is 13.8. The highest BCUT2D eigenvalue weighted by Crippen LogP contribution is 2.51. The molecule has 0 spiro atoms. The van der Waals surface area contributed by atoms with Gasteiger partial charge in [0.2, 0.25) is 0 Å². The Balaban J connectivity index is 1.06. The van der Waals surface area contributed by atoms with Crippen LogP contribution >= 0.6 is 0 Å². The molecule has 5 heteroatoms. The summed E-state index contributed by atoms with van der Waals surface area (Å²) in [6.45, 7) is 4.70. The van der Waals surface area contributed by atoms with Crippen LogP contribution in [0.15, 0.2) is 186 Å². The zero-order valence-electron chi connectivity index (χ0n) is 32.5. The fourth-order valence-corrected chi connectivity index (χ4v) is 9.37. The van der Waals surface area contributed by atoms with Crippen LogP contribution in [0.3, 0.4) is 0 Å². The first-order chi connectivity index (χ1) is 29.0. The van der Waals surface area contributed by atoms with Crippen molar-refractivity contribution in [3.05, 3.63) is 193 Å². The number of fused-ring (bicyclic) bond motifs is 9. The standard InChI is InChI=1S/C54H36N4O/c1-54(2)44-23-13-12-21-38(44)40-31-42-41-29-35(25-27-46(41)58(47(42)32-45(40)54)37-19-10-5-11-20-37)36-26-28-48-43(30-36)50-39(22-14-24-49(50)59-48)53-56-51(33-15-6-3-7-16-33)55-52(57-53)34-17-8-4-9-18-34/h3-32H,1-2H3. The zero-order valence-corrected chi connectivity index (χ0v) is 32.5. The van der Waals surface area contributed by atoms with E-state index >= 15 is 0 Å². The van der Waals surface area contributed by atoms with Crippen molar-refractivity contribution in [1.82, 2.24) is 19.5 Å². The summed E-state index contributed by atoms with van der Waals surface area (Å²) >= 11 is 0. The molecule has 1 aliphatic rings. The molecule has 0 amide bonds. The Morgan fingerprint density at radius 3 is 1.73 bits per heavy atom. The number of rotatable bonds is 5. The number of para-hydroxylation sites is 1. The van der Waals surface area contributed by atoms with E-state index in [9.17, 15) is 0 Å². The van der Waals surface area contributed by atoms with Crippen LogP contribution in [-0.2, 0) is 5.41 Å². The third-order valence-corrected chi connectivity index (χ3v) is 12.3. The molecule has 0 atom stereocenters. The maximum atomic E-state index is 6.53. The molecular formula is C54H36N4O. The van der Waals surface area contributed by atoms with Gasteiger partial charge in [-0.1, -0.05) is 141 Å². The maximum absolute atomic E-state index is 6.53. The van der Waals surface area contributed by atoms with Crippen molar-refractivity contribution in [2.24, 2.45) is 0 Å². The Morgan fingerprint density at radius 1 is 0.407 bits per heavy atom. The van der Waals surface area contributed by atoms with E-state index in [1.807, 2.05) is 72.8 Å². The summed E-state index contributed by atoms with van der Waals surface area (Å²) in [5, 5.41) is 4.45. The van der Waals surface area contributed by atoms with Gasteiger partial charge in [-0.2, -0.15) is 0 Å². The molecule has 1 aliphatic carbocycles. The Hall–Kier alpha value is -7.63. The Labute approximate surface area is 340 Å². The lowest BCUT2D eigenvalue weighted by molar-refractivity contribution is 0.661. The van der Waals surface area contributed by atoms with Crippen LogP contribution in [0.5, 0.6) is 0 Å². The number of hydrogen-bond acceptors (Lipinski definition) is 4. The number of aromatic nitrogens is 4. The molecule has 59 heavy (non-hydrogen) atoms. The molecule has 3 heterocycles. The molecule has 3 aromatic heterocycles. The average Bonchev–Trinajstić information content (AvgIpc) is 3.91. The third kappa shape index (κ3) is 5.14. The van der Waals surface area contributed by atoms with E-state index in [0.717, 1.165) is 55.4 Å². The van der Waals surface area contributed by atoms with Gasteiger partial charge in [0, 0.05) is 49.3 Å². The molecule has 12 rings (SSSR count). The molecule has 278 valence electrons. The summed E-state index contributed by atoms with van der Waals surface area (Å²) in [4.78, 5) is 15.1. The van der Waals surface area contributed by atoms with Crippen molar-refractivity contribution in [1.29, 1.82) is 0 Å². The largest absolute Gasteiger partial charge is 0.456 e. The van der Waals surface area contributed by atoms with Crippen LogP contribution < -0.4 is 0 Å². The van der Waals surface area contributed by atoms with E-state index in [2.05, 4.69) is 128 Å². The molecule has 8 aromatic carbocycles. The lowest BCUT2D eigenvalue weighted by atomic mass is 9.82. The summed E-state index contributed by atoms with van der Waals surface area (Å²) < 4.78 is 8.95. The molecule has 0 N–H and O–H groups in total. The van der Waals surface area contributed by atoms with Gasteiger partial charge in [0.05, 0.1) is 11.0 Å². The van der Waals surface area contributed by atoms with E-state index in [4.69, 9.17) is 19.4 Å². The molecular weight excluding hydrogens is 721 g/mol. The Bertz CT molecular complexity index is 3400. The average molecular weight is 757 g/mol. The quantitative estimate of drug-likeness (QED) is 0.175. The van der Waals surface area contributed by atoms with Crippen LogP contribution in [-0.4, -0.2) is 19.5 Å². The van der Waals surface area contributed by atoms with Crippen LogP contribution in [0.25, 0.3) is 106 Å². The number of nitrogens with zero attached hydrogens (tertiary/aromatic N) is 4. The Kier molecular flexibility index (Phi) is 7.20. The van der Waals surface area contributed by atoms with Crippen LogP contribution in [0.2, 0.25) is 0 Å². The van der Waals surface area contributed by atoms with Crippen molar-refractivity contribution in [2.45, 2.75) is 19.3 Å². The monoisotopic (exact) mass is 756 g/mol. The van der Waals surface area contributed by atoms with Crippen molar-refractivity contribution < 1.29 is 4.42 Å². The number of hydrogen-bond donors (Lipinski definition) is 0. The molecule has 0 saturated carbocycles. The molecule has 5 nitrogen and oxygen atoms in total. The third-order valence-electron chi connectivity index (χ3n) is 12.3. The first-order valence-electron chi connectivity index (χ1n) is 20.1. The van der Waals surface area contributed by atoms with E-state index in [1.54, 1.807) is 0 Å². The molecule has 0 fully saturated rings. The van der Waals surface area contributed by atoms with Gasteiger partial charge in [0.25, 0.3) is 0 Å². The minimum absolute atomic E-state index is 0.0988. The molecule has 0 radical (unpaired) electrons. The van der Waals surface area contributed by atoms with Crippen molar-refractivity contribution in [3.63, 3.8) is 0 Å². The van der Waals surface area contributed by atoms with Crippen molar-refractivity contribution >= 4 is 43.7 Å². The lowest BCUT2D eigenvalue weighted by Crippen LogP contribution is -2.14. The maximum Gasteiger partial charge on any atom is 0.164 e. The Morgan fingerprint density at radius 2 is 1.00 bits per heavy atom. The molecule has 0 saturated heterocycles. The lowest BCUT2D eigenvalue weighted by Gasteiger charge is -2.21. The number of benzene rings is 8. The topological polar surface area (TPSA) is 56.7 Å². The minimum atomic E-state index is -0.0988. The second-order valence-electron chi connectivity index (χ2n) is 16.0. The first kappa shape index (κ1) is 33.5. The fraction of sp³-hybridized carbons (Fsp3) is 0.0556. The molecule has 0 unspecified atom stereocenters. The fourth-order valence-electron chi connectivity index (χ4n) is 9.37. The second kappa shape index (κ2) is 12.7. The van der Waals surface area contributed by atoms with Gasteiger partial charge < -0.3 is 8.98 Å². The normalized spacial score (nSPS) is 13.1. The van der Waals surface area contributed by atoms with Gasteiger partial charge in [-0.25, -0.2) is 15.0 Å². The zero-order chi connectivity index (χ0) is 39.2. The van der Waals surface area contributed by atoms with Crippen LogP contribution in [0.4, 0.5) is 0 Å². The van der Waals surface area contributed by atoms with Gasteiger partial charge >= 0.3 is 0 Å². The molecule has 0 bridgehead atoms. The second-order valence-corrected chi connectivity index (χ2v) is 16.0. The summed E-state index contributed by atoms with van der Waals surface area (Å²) in [5.74, 6) is 1.85. The first-order valence-corrected chi connectivity index (χ1v) is 20.1. The van der Waals surface area contributed by atoms with Crippen molar-refractivity contribution in [3.8, 4) is 62.1 Å². The SMILES string of the molecule is CC1(C)c2ccccc2-c2cc3c4cc(-c5ccc6oc7cccc(-c8nc(-c9ccccc9)nc(-c9ccccc9)n8)c7c6c5)ccc4n(-c4ccccc4)c3cc21. The van der Waals surface area contributed by atoms with E-state index < -0.39 is 0 Å². The highest BCUT2D eigenvalue weighted by Gasteiger charge is 2.36. The van der Waals surface area contributed by atoms with E-state index in [1.165, 1.54) is 44.1 Å². The van der Waals surface area contributed by atoms with Gasteiger partial charge in [0.1, 0.15) is 11.2 Å². The summed E-state index contributed by atoms with van der Waals surface area (Å²) in [7, 11) is 0. The summed E-state index contributed by atoms with van der Waals surface area (Å²) in [6.07, 6.45) is 0. The summed E-state index contributed by atoms with van der Waals surface area (Å²) in [6, 6.07) is 64.2. The highest BCUT2D eigenvalue weighted by atomic mass is 16.3. The minimum Gasteiger partial charge on any atom is -0.456 e. The smallest absolute Gasteiger partial charge is 0.164 e. The van der Waals surface area contributed by atoms with Gasteiger partial charge in [-0.15, -0.1) is 0 Å². The van der Waals surface area contributed by atoms with Gasteiger partial charge in [-0.05, 0) is 88.0 Å².